The topological polar surface area (TPSA) is 62.3 Å². The van der Waals surface area contributed by atoms with Crippen LogP contribution in [-0.4, -0.2) is 29.8 Å². The Morgan fingerprint density at radius 2 is 1.74 bits per heavy atom. The van der Waals surface area contributed by atoms with Gasteiger partial charge in [-0.3, -0.25) is 14.6 Å². The van der Waals surface area contributed by atoms with Gasteiger partial charge < -0.3 is 10.2 Å². The maximum absolute atomic E-state index is 12.4. The third kappa shape index (κ3) is 3.56. The molecular weight excluding hydrogens is 290 g/mol. The van der Waals surface area contributed by atoms with Crippen LogP contribution in [0.3, 0.4) is 0 Å². The number of pyridine rings is 1. The number of anilines is 2. The average Bonchev–Trinajstić information content (AvgIpc) is 3.10. The summed E-state index contributed by atoms with van der Waals surface area (Å²) in [7, 11) is 0. The number of amides is 1. The van der Waals surface area contributed by atoms with Crippen LogP contribution in [0.15, 0.2) is 42.7 Å². The second kappa shape index (κ2) is 6.60. The lowest BCUT2D eigenvalue weighted by atomic mass is 10.1. The zero-order valence-electron chi connectivity index (χ0n) is 13.1. The molecule has 1 amide bonds. The van der Waals surface area contributed by atoms with Crippen LogP contribution in [0.4, 0.5) is 11.4 Å². The molecule has 0 radical (unpaired) electrons. The Labute approximate surface area is 135 Å². The van der Waals surface area contributed by atoms with Gasteiger partial charge in [0.05, 0.1) is 17.4 Å². The standard InChI is InChI=1S/C18H19N3O2/c1-13(22)14-4-6-16(7-5-14)20-18(23)15-10-17(12-19-11-15)21-8-2-3-9-21/h4-7,10-12H,2-3,8-9H2,1H3,(H,20,23). The predicted molar refractivity (Wildman–Crippen MR) is 90.1 cm³/mol. The molecule has 0 saturated carbocycles. The van der Waals surface area contributed by atoms with E-state index in [9.17, 15) is 9.59 Å². The fourth-order valence-corrected chi connectivity index (χ4v) is 2.69. The van der Waals surface area contributed by atoms with Gasteiger partial charge in [0.1, 0.15) is 0 Å². The van der Waals surface area contributed by atoms with Crippen molar-refractivity contribution in [2.45, 2.75) is 19.8 Å². The quantitative estimate of drug-likeness (QED) is 0.881. The Kier molecular flexibility index (Phi) is 4.37. The molecule has 1 aromatic heterocycles. The molecule has 5 nitrogen and oxygen atoms in total. The van der Waals surface area contributed by atoms with Crippen LogP contribution in [0, 0.1) is 0 Å². The van der Waals surface area contributed by atoms with Gasteiger partial charge in [-0.1, -0.05) is 0 Å². The van der Waals surface area contributed by atoms with Crippen molar-refractivity contribution in [2.75, 3.05) is 23.3 Å². The third-order valence-electron chi connectivity index (χ3n) is 4.01. The molecule has 1 aliphatic heterocycles. The molecular formula is C18H19N3O2. The van der Waals surface area contributed by atoms with Crippen molar-refractivity contribution in [1.82, 2.24) is 4.98 Å². The first-order valence-corrected chi connectivity index (χ1v) is 7.76. The molecule has 23 heavy (non-hydrogen) atoms. The van der Waals surface area contributed by atoms with Crippen molar-refractivity contribution in [3.63, 3.8) is 0 Å². The number of nitrogens with one attached hydrogen (secondary N) is 1. The number of benzene rings is 1. The minimum Gasteiger partial charge on any atom is -0.370 e. The first-order chi connectivity index (χ1) is 11.1. The lowest BCUT2D eigenvalue weighted by Gasteiger charge is -2.17. The average molecular weight is 309 g/mol. The number of carbonyl (C=O) groups is 2. The Balaban J connectivity index is 1.72. The molecule has 1 aromatic carbocycles. The number of carbonyl (C=O) groups excluding carboxylic acids is 2. The van der Waals surface area contributed by atoms with E-state index in [0.717, 1.165) is 18.8 Å². The van der Waals surface area contributed by atoms with Crippen LogP contribution >= 0.6 is 0 Å². The maximum Gasteiger partial charge on any atom is 0.257 e. The van der Waals surface area contributed by atoms with E-state index in [1.165, 1.54) is 19.8 Å². The van der Waals surface area contributed by atoms with Gasteiger partial charge in [-0.05, 0) is 50.1 Å². The summed E-state index contributed by atoms with van der Waals surface area (Å²) in [5.74, 6) is -0.195. The number of rotatable bonds is 4. The van der Waals surface area contributed by atoms with Gasteiger partial charge in [-0.15, -0.1) is 0 Å². The number of Topliss-reactive ketones (excluding diaryl/α,β-unsaturated/α-hetero) is 1. The Morgan fingerprint density at radius 3 is 2.39 bits per heavy atom. The fourth-order valence-electron chi connectivity index (χ4n) is 2.69. The number of aromatic nitrogens is 1. The zero-order valence-corrected chi connectivity index (χ0v) is 13.1. The van der Waals surface area contributed by atoms with Crippen LogP contribution in [0.1, 0.15) is 40.5 Å². The molecule has 0 unspecified atom stereocenters. The number of nitrogens with zero attached hydrogens (tertiary/aromatic N) is 2. The lowest BCUT2D eigenvalue weighted by Crippen LogP contribution is -2.19. The molecule has 0 aliphatic carbocycles. The van der Waals surface area contributed by atoms with Crippen molar-refractivity contribution < 1.29 is 9.59 Å². The SMILES string of the molecule is CC(=O)c1ccc(NC(=O)c2cncc(N3CCCC3)c2)cc1. The van der Waals surface area contributed by atoms with Gasteiger partial charge >= 0.3 is 0 Å². The van der Waals surface area contributed by atoms with E-state index in [2.05, 4.69) is 15.2 Å². The van der Waals surface area contributed by atoms with Crippen LogP contribution in [0.5, 0.6) is 0 Å². The van der Waals surface area contributed by atoms with Gasteiger partial charge in [-0.25, -0.2) is 0 Å². The summed E-state index contributed by atoms with van der Waals surface area (Å²) in [6.07, 6.45) is 5.72. The maximum atomic E-state index is 12.4. The molecule has 0 atom stereocenters. The minimum atomic E-state index is -0.200. The van der Waals surface area contributed by atoms with Crippen LogP contribution in [0.2, 0.25) is 0 Å². The lowest BCUT2D eigenvalue weighted by molar-refractivity contribution is 0.101. The molecule has 5 heteroatoms. The molecule has 1 fully saturated rings. The summed E-state index contributed by atoms with van der Waals surface area (Å²) in [6, 6.07) is 8.74. The van der Waals surface area contributed by atoms with Crippen molar-refractivity contribution in [3.05, 3.63) is 53.9 Å². The first-order valence-electron chi connectivity index (χ1n) is 7.76. The smallest absolute Gasteiger partial charge is 0.257 e. The molecule has 0 spiro atoms. The van der Waals surface area contributed by atoms with Crippen molar-refractivity contribution in [1.29, 1.82) is 0 Å². The van der Waals surface area contributed by atoms with Gasteiger partial charge in [0.25, 0.3) is 5.91 Å². The molecule has 1 N–H and O–H groups in total. The van der Waals surface area contributed by atoms with E-state index in [1.807, 2.05) is 6.07 Å². The van der Waals surface area contributed by atoms with E-state index < -0.39 is 0 Å². The Bertz CT molecular complexity index is 719. The zero-order chi connectivity index (χ0) is 16.2. The molecule has 1 aliphatic rings. The van der Waals surface area contributed by atoms with Crippen molar-refractivity contribution in [3.8, 4) is 0 Å². The second-order valence-electron chi connectivity index (χ2n) is 5.71. The first kappa shape index (κ1) is 15.2. The monoisotopic (exact) mass is 309 g/mol. The highest BCUT2D eigenvalue weighted by atomic mass is 16.1. The predicted octanol–water partition coefficient (Wildman–Crippen LogP) is 3.14. The molecule has 0 bridgehead atoms. The number of hydrogen-bond acceptors (Lipinski definition) is 4. The summed E-state index contributed by atoms with van der Waals surface area (Å²) < 4.78 is 0. The van der Waals surface area contributed by atoms with Crippen LogP contribution in [-0.2, 0) is 0 Å². The van der Waals surface area contributed by atoms with E-state index in [-0.39, 0.29) is 11.7 Å². The van der Waals surface area contributed by atoms with Gasteiger partial charge in [0, 0.05) is 30.5 Å². The van der Waals surface area contributed by atoms with Crippen LogP contribution < -0.4 is 10.2 Å². The second-order valence-corrected chi connectivity index (χ2v) is 5.71. The molecule has 1 saturated heterocycles. The Hall–Kier alpha value is -2.69. The highest BCUT2D eigenvalue weighted by Crippen LogP contribution is 2.20. The summed E-state index contributed by atoms with van der Waals surface area (Å²) in [5, 5.41) is 2.83. The van der Waals surface area contributed by atoms with E-state index in [0.29, 0.717) is 16.8 Å². The van der Waals surface area contributed by atoms with Crippen molar-refractivity contribution in [2.24, 2.45) is 0 Å². The van der Waals surface area contributed by atoms with Crippen LogP contribution in [0.25, 0.3) is 0 Å². The third-order valence-corrected chi connectivity index (χ3v) is 4.01. The largest absolute Gasteiger partial charge is 0.370 e. The van der Waals surface area contributed by atoms with Gasteiger partial charge in [-0.2, -0.15) is 0 Å². The normalized spacial score (nSPS) is 13.9. The number of ketones is 1. The molecule has 118 valence electrons. The fraction of sp³-hybridized carbons (Fsp3) is 0.278. The Morgan fingerprint density at radius 1 is 1.04 bits per heavy atom. The van der Waals surface area contributed by atoms with E-state index in [1.54, 1.807) is 36.7 Å². The molecule has 2 aromatic rings. The summed E-state index contributed by atoms with van der Waals surface area (Å²) in [6.45, 7) is 3.54. The van der Waals surface area contributed by atoms with E-state index in [4.69, 9.17) is 0 Å². The highest BCUT2D eigenvalue weighted by Gasteiger charge is 2.15. The summed E-state index contributed by atoms with van der Waals surface area (Å²) in [5.41, 5.74) is 2.80. The molecule has 3 rings (SSSR count). The highest BCUT2D eigenvalue weighted by molar-refractivity contribution is 6.04. The van der Waals surface area contributed by atoms with Gasteiger partial charge in [0.2, 0.25) is 0 Å². The number of hydrogen-bond donors (Lipinski definition) is 1. The summed E-state index contributed by atoms with van der Waals surface area (Å²) >= 11 is 0. The molecule has 2 heterocycles. The van der Waals surface area contributed by atoms with Gasteiger partial charge in [0.15, 0.2) is 5.78 Å². The summed E-state index contributed by atoms with van der Waals surface area (Å²) in [4.78, 5) is 30.1. The van der Waals surface area contributed by atoms with Crippen molar-refractivity contribution >= 4 is 23.1 Å². The van der Waals surface area contributed by atoms with E-state index >= 15 is 0 Å². The minimum absolute atomic E-state index is 0.00499.